The molecule has 48 heavy (non-hydrogen) atoms. The molecular formula is C35H37Cl2N3O7S. The second kappa shape index (κ2) is 16.0. The number of hydrogen-bond acceptors (Lipinski definition) is 9. The summed E-state index contributed by atoms with van der Waals surface area (Å²) in [6.07, 6.45) is 3.58. The van der Waals surface area contributed by atoms with Crippen LogP contribution in [-0.4, -0.2) is 62.9 Å². The molecule has 10 nitrogen and oxygen atoms in total. The second-order valence-electron chi connectivity index (χ2n) is 11.7. The molecule has 1 aliphatic rings. The van der Waals surface area contributed by atoms with Crippen molar-refractivity contribution < 1.29 is 33.6 Å². The molecule has 1 fully saturated rings. The molecule has 3 atom stereocenters. The van der Waals surface area contributed by atoms with Gasteiger partial charge in [-0.05, 0) is 61.3 Å². The number of carboxylic acids is 1. The molecule has 1 unspecified atom stereocenters. The van der Waals surface area contributed by atoms with Crippen LogP contribution in [0.4, 0.5) is 0 Å². The van der Waals surface area contributed by atoms with E-state index >= 15 is 0 Å². The van der Waals surface area contributed by atoms with Crippen molar-refractivity contribution in [2.24, 2.45) is 5.92 Å². The van der Waals surface area contributed by atoms with E-state index < -0.39 is 23.9 Å². The standard InChI is InChI=1S/C35H37Cl2N3O7S/c1-39-12-11-21(17-39)20-47-35(43)32(22-7-5-4-6-8-22)38-16-24-14-26(33(48-24)34(41)42)25(15-27-28(36)18-40(44)19-29(27)37)23-9-10-30(45-2)31(13-23)46-3/h4-10,13-14,18-19,21,25,32,38H,11-12,15-17,20H2,1-3H3,(H,41,42)/t21-,25-,32?/m0/s1. The summed E-state index contributed by atoms with van der Waals surface area (Å²) in [5, 5.41) is 26.0. The van der Waals surface area contributed by atoms with Crippen LogP contribution in [0, 0.1) is 11.1 Å². The van der Waals surface area contributed by atoms with Gasteiger partial charge in [0.15, 0.2) is 23.9 Å². The lowest BCUT2D eigenvalue weighted by Crippen LogP contribution is -2.31. The zero-order valence-electron chi connectivity index (χ0n) is 26.8. The van der Waals surface area contributed by atoms with Gasteiger partial charge in [-0.25, -0.2) is 9.59 Å². The number of carboxylic acid groups (broad SMARTS) is 1. The lowest BCUT2D eigenvalue weighted by molar-refractivity contribution is -0.605. The van der Waals surface area contributed by atoms with Crippen LogP contribution in [0.25, 0.3) is 0 Å². The summed E-state index contributed by atoms with van der Waals surface area (Å²) >= 11 is 14.1. The van der Waals surface area contributed by atoms with Gasteiger partial charge < -0.3 is 29.4 Å². The zero-order valence-corrected chi connectivity index (χ0v) is 29.1. The van der Waals surface area contributed by atoms with Gasteiger partial charge in [-0.15, -0.1) is 11.3 Å². The molecule has 0 radical (unpaired) electrons. The number of carbonyl (C=O) groups is 2. The number of thiophene rings is 1. The van der Waals surface area contributed by atoms with Crippen LogP contribution in [0.5, 0.6) is 11.5 Å². The first-order chi connectivity index (χ1) is 23.1. The fraction of sp³-hybridized carbons (Fsp3) is 0.343. The molecule has 0 amide bonds. The van der Waals surface area contributed by atoms with Gasteiger partial charge in [-0.1, -0.05) is 59.6 Å². The number of methoxy groups -OCH3 is 2. The average molecular weight is 715 g/mol. The van der Waals surface area contributed by atoms with Crippen LogP contribution in [0.1, 0.15) is 55.2 Å². The summed E-state index contributed by atoms with van der Waals surface area (Å²) in [7, 11) is 5.10. The third-order valence-electron chi connectivity index (χ3n) is 8.46. The Bertz CT molecular complexity index is 1730. The number of esters is 1. The van der Waals surface area contributed by atoms with Gasteiger partial charge >= 0.3 is 11.9 Å². The number of aromatic carboxylic acids is 1. The van der Waals surface area contributed by atoms with Crippen molar-refractivity contribution in [1.82, 2.24) is 10.2 Å². The summed E-state index contributed by atoms with van der Waals surface area (Å²) in [5.74, 6) is -0.793. The number of aromatic nitrogens is 1. The van der Waals surface area contributed by atoms with E-state index in [-0.39, 0.29) is 33.8 Å². The molecule has 0 saturated carbocycles. The number of nitrogens with zero attached hydrogens (tertiary/aromatic N) is 2. The number of benzene rings is 2. The van der Waals surface area contributed by atoms with Crippen molar-refractivity contribution >= 4 is 46.5 Å². The van der Waals surface area contributed by atoms with Crippen LogP contribution in [0.15, 0.2) is 67.0 Å². The van der Waals surface area contributed by atoms with E-state index in [1.807, 2.05) is 42.5 Å². The highest BCUT2D eigenvalue weighted by atomic mass is 35.5. The van der Waals surface area contributed by atoms with Crippen LogP contribution in [0.2, 0.25) is 10.0 Å². The Morgan fingerprint density at radius 1 is 1.06 bits per heavy atom. The van der Waals surface area contributed by atoms with E-state index in [1.54, 1.807) is 12.1 Å². The highest BCUT2D eigenvalue weighted by Gasteiger charge is 2.30. The van der Waals surface area contributed by atoms with Crippen molar-refractivity contribution in [3.63, 3.8) is 0 Å². The van der Waals surface area contributed by atoms with Gasteiger partial charge in [0, 0.05) is 35.4 Å². The van der Waals surface area contributed by atoms with Gasteiger partial charge in [0.05, 0.1) is 20.8 Å². The van der Waals surface area contributed by atoms with Crippen molar-refractivity contribution in [2.45, 2.75) is 31.3 Å². The number of ether oxygens (including phenoxy) is 3. The Labute approximate surface area is 293 Å². The smallest absolute Gasteiger partial charge is 0.346 e. The normalized spacial score (nSPS) is 16.0. The summed E-state index contributed by atoms with van der Waals surface area (Å²) in [4.78, 5) is 29.2. The van der Waals surface area contributed by atoms with Crippen molar-refractivity contribution in [3.05, 3.63) is 114 Å². The number of hydrogen-bond donors (Lipinski definition) is 2. The first-order valence-electron chi connectivity index (χ1n) is 15.4. The summed E-state index contributed by atoms with van der Waals surface area (Å²) in [6.45, 7) is 2.39. The Morgan fingerprint density at radius 2 is 1.77 bits per heavy atom. The van der Waals surface area contributed by atoms with Gasteiger partial charge in [0.25, 0.3) is 0 Å². The highest BCUT2D eigenvalue weighted by Crippen LogP contribution is 2.41. The highest BCUT2D eigenvalue weighted by molar-refractivity contribution is 7.14. The molecule has 1 saturated heterocycles. The van der Waals surface area contributed by atoms with Crippen molar-refractivity contribution in [2.75, 3.05) is 41.0 Å². The predicted molar refractivity (Wildman–Crippen MR) is 184 cm³/mol. The molecule has 1 aliphatic heterocycles. The molecule has 0 spiro atoms. The molecule has 5 rings (SSSR count). The Balaban J connectivity index is 1.47. The van der Waals surface area contributed by atoms with Crippen molar-refractivity contribution in [1.29, 1.82) is 0 Å². The van der Waals surface area contributed by atoms with Crippen LogP contribution in [-0.2, 0) is 22.5 Å². The Morgan fingerprint density at radius 3 is 2.40 bits per heavy atom. The Hall–Kier alpha value is -3.87. The van der Waals surface area contributed by atoms with E-state index in [0.717, 1.165) is 42.0 Å². The largest absolute Gasteiger partial charge is 0.619 e. The van der Waals surface area contributed by atoms with Gasteiger partial charge in [-0.2, -0.15) is 4.73 Å². The third kappa shape index (κ3) is 8.40. The lowest BCUT2D eigenvalue weighted by atomic mass is 9.85. The van der Waals surface area contributed by atoms with Crippen molar-refractivity contribution in [3.8, 4) is 11.5 Å². The first-order valence-corrected chi connectivity index (χ1v) is 16.9. The maximum Gasteiger partial charge on any atom is 0.346 e. The minimum atomic E-state index is -1.10. The molecule has 0 bridgehead atoms. The number of rotatable bonds is 14. The van der Waals surface area contributed by atoms with E-state index in [0.29, 0.717) is 38.8 Å². The van der Waals surface area contributed by atoms with E-state index in [4.69, 9.17) is 37.4 Å². The second-order valence-corrected chi connectivity index (χ2v) is 13.7. The average Bonchev–Trinajstić information content (AvgIpc) is 3.69. The van der Waals surface area contributed by atoms with Crippen LogP contribution >= 0.6 is 34.5 Å². The lowest BCUT2D eigenvalue weighted by Gasteiger charge is -2.21. The molecule has 2 N–H and O–H groups in total. The van der Waals surface area contributed by atoms with Crippen LogP contribution in [0.3, 0.4) is 0 Å². The summed E-state index contributed by atoms with van der Waals surface area (Å²) in [5.41, 5.74) is 2.48. The number of carbonyl (C=O) groups excluding carboxylic acids is 1. The minimum absolute atomic E-state index is 0.123. The van der Waals surface area contributed by atoms with Gasteiger partial charge in [0.2, 0.25) is 0 Å². The SMILES string of the molecule is COc1ccc([C@H](Cc2c(Cl)c[n+]([O-])cc2Cl)c2cc(CNC(C(=O)OC[C@H]3CCN(C)C3)c3ccccc3)sc2C(=O)O)cc1OC. The summed E-state index contributed by atoms with van der Waals surface area (Å²) in [6, 6.07) is 15.7. The van der Waals surface area contributed by atoms with E-state index in [1.165, 1.54) is 26.6 Å². The predicted octanol–water partition coefficient (Wildman–Crippen LogP) is 6.10. The fourth-order valence-corrected chi connectivity index (χ4v) is 7.62. The minimum Gasteiger partial charge on any atom is -0.619 e. The Kier molecular flexibility index (Phi) is 11.8. The zero-order chi connectivity index (χ0) is 34.4. The summed E-state index contributed by atoms with van der Waals surface area (Å²) < 4.78 is 17.3. The molecular weight excluding hydrogens is 677 g/mol. The monoisotopic (exact) mass is 713 g/mol. The van der Waals surface area contributed by atoms with Gasteiger partial charge in [-0.3, -0.25) is 5.32 Å². The number of nitrogens with one attached hydrogen (secondary N) is 1. The molecule has 4 aromatic rings. The van der Waals surface area contributed by atoms with E-state index in [9.17, 15) is 19.9 Å². The molecule has 13 heteroatoms. The first kappa shape index (κ1) is 35.4. The molecule has 0 aliphatic carbocycles. The van der Waals surface area contributed by atoms with Crippen LogP contribution < -0.4 is 19.5 Å². The maximum absolute atomic E-state index is 13.4. The molecule has 254 valence electrons. The van der Waals surface area contributed by atoms with Gasteiger partial charge in [0.1, 0.15) is 21.0 Å². The fourth-order valence-electron chi connectivity index (χ4n) is 6.01. The molecule has 2 aromatic heterocycles. The molecule has 2 aromatic carbocycles. The maximum atomic E-state index is 13.4. The molecule has 3 heterocycles. The third-order valence-corrected chi connectivity index (χ3v) is 10.2. The number of pyridine rings is 1. The number of likely N-dealkylation sites (tertiary alicyclic amines) is 1. The quantitative estimate of drug-likeness (QED) is 0.0906. The topological polar surface area (TPSA) is 124 Å². The number of halogens is 2. The van der Waals surface area contributed by atoms with E-state index in [2.05, 4.69) is 17.3 Å².